The van der Waals surface area contributed by atoms with Crippen LogP contribution in [0.3, 0.4) is 0 Å². The third kappa shape index (κ3) is 6.85. The second kappa shape index (κ2) is 13.2. The van der Waals surface area contributed by atoms with E-state index in [0.717, 1.165) is 28.1 Å². The molecule has 1 atom stereocenters. The van der Waals surface area contributed by atoms with Crippen molar-refractivity contribution in [2.45, 2.75) is 58.1 Å². The van der Waals surface area contributed by atoms with Crippen LogP contribution >= 0.6 is 0 Å². The van der Waals surface area contributed by atoms with Crippen molar-refractivity contribution in [1.82, 2.24) is 4.57 Å². The maximum Gasteiger partial charge on any atom is 0.303 e. The number of aliphatic carboxylic acids is 1. The third-order valence-electron chi connectivity index (χ3n) is 6.90. The zero-order valence-electron chi connectivity index (χ0n) is 22.8. The topological polar surface area (TPSA) is 91.6 Å². The minimum atomic E-state index is -0.889. The molecule has 4 rings (SSSR count). The fraction of sp³-hybridized carbons (Fsp3) is 0.273. The minimum absolute atomic E-state index is 0.000609. The van der Waals surface area contributed by atoms with Crippen LogP contribution in [0.1, 0.15) is 61.5 Å². The average Bonchev–Trinajstić information content (AvgIpc) is 3.29. The molecule has 1 heterocycles. The van der Waals surface area contributed by atoms with E-state index in [2.05, 4.69) is 9.88 Å². The third-order valence-corrected chi connectivity index (χ3v) is 6.90. The fourth-order valence-electron chi connectivity index (χ4n) is 5.12. The Bertz CT molecular complexity index is 1430. The number of aliphatic hydroxyl groups is 1. The second-order valence-electron chi connectivity index (χ2n) is 10.2. The highest BCUT2D eigenvalue weighted by molar-refractivity contribution is 6.12. The molecular formula is C33H35FN2O4. The number of hydrogen-bond acceptors (Lipinski definition) is 3. The summed E-state index contributed by atoms with van der Waals surface area (Å²) in [6.45, 7) is 4.45. The number of amides is 1. The number of aliphatic hydroxyl groups excluding tert-OH is 1. The van der Waals surface area contributed by atoms with Crippen LogP contribution in [0.15, 0.2) is 84.9 Å². The van der Waals surface area contributed by atoms with Gasteiger partial charge in [0.1, 0.15) is 5.82 Å². The Kier molecular flexibility index (Phi) is 9.51. The summed E-state index contributed by atoms with van der Waals surface area (Å²) in [4.78, 5) is 25.0. The van der Waals surface area contributed by atoms with Crippen molar-refractivity contribution in [2.75, 3.05) is 5.32 Å². The van der Waals surface area contributed by atoms with Gasteiger partial charge in [0.25, 0.3) is 5.91 Å². The number of nitrogens with one attached hydrogen (secondary N) is 1. The summed E-state index contributed by atoms with van der Waals surface area (Å²) in [6, 6.07) is 25.2. The van der Waals surface area contributed by atoms with Crippen LogP contribution in [0.4, 0.5) is 10.1 Å². The first-order chi connectivity index (χ1) is 19.3. The number of rotatable bonds is 12. The van der Waals surface area contributed by atoms with Crippen molar-refractivity contribution >= 4 is 17.6 Å². The summed E-state index contributed by atoms with van der Waals surface area (Å²) < 4.78 is 16.1. The van der Waals surface area contributed by atoms with E-state index in [-0.39, 0.29) is 24.1 Å². The van der Waals surface area contributed by atoms with Crippen LogP contribution < -0.4 is 5.32 Å². The molecule has 0 unspecified atom stereocenters. The molecular weight excluding hydrogens is 507 g/mol. The van der Waals surface area contributed by atoms with Crippen molar-refractivity contribution in [3.8, 4) is 22.4 Å². The van der Waals surface area contributed by atoms with Gasteiger partial charge in [-0.15, -0.1) is 0 Å². The Morgan fingerprint density at radius 2 is 1.50 bits per heavy atom. The smallest absolute Gasteiger partial charge is 0.303 e. The van der Waals surface area contributed by atoms with Crippen molar-refractivity contribution in [3.63, 3.8) is 0 Å². The van der Waals surface area contributed by atoms with Gasteiger partial charge in [-0.25, -0.2) is 4.39 Å². The standard InChI is InChI=1S/C33H35FN2O4/c1-22(2)31-30(33(40)35-26-12-7-4-8-13-26)29(23-10-5-3-6-11-23)32(24-16-18-25(34)19-17-24)36(31)21-20-27(37)14-9-15-28(38)39/h3-8,10-13,16-19,22,27,37H,9,14-15,20-21H2,1-2H3,(H,35,40)(H,38,39)/t27-/m0/s1. The van der Waals surface area contributed by atoms with E-state index in [0.29, 0.717) is 37.1 Å². The first-order valence-electron chi connectivity index (χ1n) is 13.6. The Hall–Kier alpha value is -4.23. The predicted octanol–water partition coefficient (Wildman–Crippen LogP) is 7.34. The van der Waals surface area contributed by atoms with Crippen molar-refractivity contribution in [1.29, 1.82) is 0 Å². The second-order valence-corrected chi connectivity index (χ2v) is 10.2. The quantitative estimate of drug-likeness (QED) is 0.175. The molecule has 3 aromatic carbocycles. The van der Waals surface area contributed by atoms with Gasteiger partial charge in [-0.05, 0) is 72.7 Å². The molecule has 0 bridgehead atoms. The largest absolute Gasteiger partial charge is 0.481 e. The molecule has 0 radical (unpaired) electrons. The molecule has 4 aromatic rings. The molecule has 0 saturated carbocycles. The van der Waals surface area contributed by atoms with Gasteiger partial charge >= 0.3 is 5.97 Å². The van der Waals surface area contributed by atoms with Crippen molar-refractivity contribution < 1.29 is 24.2 Å². The maximum absolute atomic E-state index is 14.0. The first-order valence-corrected chi connectivity index (χ1v) is 13.6. The lowest BCUT2D eigenvalue weighted by molar-refractivity contribution is -0.137. The Labute approximate surface area is 234 Å². The Morgan fingerprint density at radius 1 is 0.875 bits per heavy atom. The highest BCUT2D eigenvalue weighted by Gasteiger charge is 2.30. The van der Waals surface area contributed by atoms with E-state index < -0.39 is 12.1 Å². The van der Waals surface area contributed by atoms with Crippen molar-refractivity contribution in [2.24, 2.45) is 0 Å². The molecule has 0 saturated heterocycles. The summed E-state index contributed by atoms with van der Waals surface area (Å²) in [5, 5.41) is 22.7. The molecule has 0 aliphatic rings. The van der Waals surface area contributed by atoms with Gasteiger partial charge in [0.05, 0.1) is 17.4 Å². The van der Waals surface area contributed by atoms with Crippen LogP contribution in [0.2, 0.25) is 0 Å². The fourth-order valence-corrected chi connectivity index (χ4v) is 5.12. The average molecular weight is 543 g/mol. The lowest BCUT2D eigenvalue weighted by Crippen LogP contribution is -2.18. The maximum atomic E-state index is 14.0. The Balaban J connectivity index is 1.89. The molecule has 1 amide bonds. The molecule has 40 heavy (non-hydrogen) atoms. The molecule has 208 valence electrons. The van der Waals surface area contributed by atoms with Crippen LogP contribution in [0.25, 0.3) is 22.4 Å². The summed E-state index contributed by atoms with van der Waals surface area (Å²) in [5.74, 6) is -1.56. The van der Waals surface area contributed by atoms with Gasteiger partial charge in [0.15, 0.2) is 0 Å². The molecule has 0 aliphatic carbocycles. The predicted molar refractivity (Wildman–Crippen MR) is 156 cm³/mol. The number of para-hydroxylation sites is 1. The molecule has 1 aromatic heterocycles. The minimum Gasteiger partial charge on any atom is -0.481 e. The van der Waals surface area contributed by atoms with E-state index in [1.165, 1.54) is 12.1 Å². The highest BCUT2D eigenvalue weighted by atomic mass is 19.1. The van der Waals surface area contributed by atoms with E-state index in [4.69, 9.17) is 5.11 Å². The van der Waals surface area contributed by atoms with Gasteiger partial charge in [-0.2, -0.15) is 0 Å². The summed E-state index contributed by atoms with van der Waals surface area (Å²) >= 11 is 0. The number of halogens is 1. The number of nitrogens with zero attached hydrogens (tertiary/aromatic N) is 1. The molecule has 0 fully saturated rings. The van der Waals surface area contributed by atoms with E-state index in [9.17, 15) is 19.1 Å². The number of benzene rings is 3. The Morgan fingerprint density at radius 3 is 2.10 bits per heavy atom. The van der Waals surface area contributed by atoms with Crippen LogP contribution in [-0.2, 0) is 11.3 Å². The van der Waals surface area contributed by atoms with Crippen molar-refractivity contribution in [3.05, 3.63) is 102 Å². The van der Waals surface area contributed by atoms with Gasteiger partial charge in [-0.1, -0.05) is 62.4 Å². The van der Waals surface area contributed by atoms with Gasteiger partial charge in [0, 0.05) is 29.9 Å². The number of carbonyl (C=O) groups excluding carboxylic acids is 1. The first kappa shape index (κ1) is 28.8. The number of carboxylic acid groups (broad SMARTS) is 1. The molecule has 3 N–H and O–H groups in total. The molecule has 6 nitrogen and oxygen atoms in total. The molecule has 0 aliphatic heterocycles. The number of carboxylic acids is 1. The van der Waals surface area contributed by atoms with Gasteiger partial charge < -0.3 is 20.1 Å². The lowest BCUT2D eigenvalue weighted by atomic mass is 9.94. The zero-order valence-corrected chi connectivity index (χ0v) is 22.8. The summed E-state index contributed by atoms with van der Waals surface area (Å²) in [6.07, 6.45) is 0.411. The van der Waals surface area contributed by atoms with Gasteiger partial charge in [-0.3, -0.25) is 9.59 Å². The summed E-state index contributed by atoms with van der Waals surface area (Å²) in [7, 11) is 0. The number of carbonyl (C=O) groups is 2. The normalized spacial score (nSPS) is 11.9. The number of aromatic nitrogens is 1. The zero-order chi connectivity index (χ0) is 28.6. The SMILES string of the molecule is CC(C)c1c(C(=O)Nc2ccccc2)c(-c2ccccc2)c(-c2ccc(F)cc2)n1CC[C@@H](O)CCCC(=O)O. The van der Waals surface area contributed by atoms with Crippen LogP contribution in [0.5, 0.6) is 0 Å². The molecule has 7 heteroatoms. The van der Waals surface area contributed by atoms with Gasteiger partial charge in [0.2, 0.25) is 0 Å². The lowest BCUT2D eigenvalue weighted by Gasteiger charge is -2.19. The van der Waals surface area contributed by atoms with Crippen LogP contribution in [0, 0.1) is 5.82 Å². The summed E-state index contributed by atoms with van der Waals surface area (Å²) in [5.41, 5.74) is 5.12. The van der Waals surface area contributed by atoms with E-state index in [1.54, 1.807) is 12.1 Å². The monoisotopic (exact) mass is 542 g/mol. The highest BCUT2D eigenvalue weighted by Crippen LogP contribution is 2.42. The van der Waals surface area contributed by atoms with Crippen LogP contribution in [-0.4, -0.2) is 32.8 Å². The van der Waals surface area contributed by atoms with E-state index >= 15 is 0 Å². The molecule has 0 spiro atoms. The number of hydrogen-bond donors (Lipinski definition) is 3. The number of anilines is 1. The van der Waals surface area contributed by atoms with E-state index in [1.807, 2.05) is 74.5 Å².